The summed E-state index contributed by atoms with van der Waals surface area (Å²) < 4.78 is 5.69. The van der Waals surface area contributed by atoms with E-state index in [1.165, 1.54) is 30.2 Å². The lowest BCUT2D eigenvalue weighted by molar-refractivity contribution is -0.147. The summed E-state index contributed by atoms with van der Waals surface area (Å²) in [5, 5.41) is 10.9. The van der Waals surface area contributed by atoms with E-state index in [0.717, 1.165) is 4.34 Å². The van der Waals surface area contributed by atoms with Gasteiger partial charge in [0.15, 0.2) is 4.34 Å². The molecule has 1 atom stereocenters. The van der Waals surface area contributed by atoms with E-state index >= 15 is 0 Å². The van der Waals surface area contributed by atoms with Crippen molar-refractivity contribution < 1.29 is 9.53 Å². The maximum atomic E-state index is 11.8. The Labute approximate surface area is 109 Å². The van der Waals surface area contributed by atoms with Crippen molar-refractivity contribution in [2.75, 3.05) is 12.9 Å². The molecule has 0 aliphatic carbocycles. The van der Waals surface area contributed by atoms with Gasteiger partial charge < -0.3 is 4.74 Å². The Bertz CT molecular complexity index is 356. The van der Waals surface area contributed by atoms with Crippen LogP contribution in [0.3, 0.4) is 0 Å². The molecule has 1 aromatic rings. The number of rotatable bonds is 6. The van der Waals surface area contributed by atoms with Gasteiger partial charge in [-0.1, -0.05) is 23.1 Å². The smallest absolute Gasteiger partial charge is 0.326 e. The van der Waals surface area contributed by atoms with Crippen LogP contribution in [0, 0.1) is 0 Å². The first-order valence-electron chi connectivity index (χ1n) is 5.23. The molecule has 1 aromatic heterocycles. The number of ether oxygens (including phenoxy) is 1. The summed E-state index contributed by atoms with van der Waals surface area (Å²) in [5.41, 5.74) is 0.965. The van der Waals surface area contributed by atoms with Gasteiger partial charge in [0.1, 0.15) is 11.0 Å². The van der Waals surface area contributed by atoms with Crippen molar-refractivity contribution in [2.24, 2.45) is 0 Å². The molecule has 5 nitrogen and oxygen atoms in total. The van der Waals surface area contributed by atoms with E-state index in [4.69, 9.17) is 4.74 Å². The van der Waals surface area contributed by atoms with Crippen molar-refractivity contribution in [3.8, 4) is 0 Å². The zero-order valence-electron chi connectivity index (χ0n) is 10.4. The molecular weight excluding hydrogens is 258 g/mol. The zero-order chi connectivity index (χ0) is 12.9. The van der Waals surface area contributed by atoms with Crippen molar-refractivity contribution in [1.82, 2.24) is 15.5 Å². The lowest BCUT2D eigenvalue weighted by Crippen LogP contribution is -2.54. The predicted molar refractivity (Wildman–Crippen MR) is 69.3 cm³/mol. The summed E-state index contributed by atoms with van der Waals surface area (Å²) in [5.74, 6) is 0.302. The molecule has 1 heterocycles. The second kappa shape index (κ2) is 6.32. The summed E-state index contributed by atoms with van der Waals surface area (Å²) >= 11 is 2.96. The van der Waals surface area contributed by atoms with E-state index in [0.29, 0.717) is 5.75 Å². The number of nitrogens with one attached hydrogen (secondary N) is 1. The highest BCUT2D eigenvalue weighted by Crippen LogP contribution is 2.24. The highest BCUT2D eigenvalue weighted by molar-refractivity contribution is 8.01. The fourth-order valence-electron chi connectivity index (χ4n) is 1.45. The molecule has 0 aromatic carbocycles. The van der Waals surface area contributed by atoms with Gasteiger partial charge in [0.2, 0.25) is 0 Å². The number of nitrogens with zero attached hydrogens (tertiary/aromatic N) is 2. The van der Waals surface area contributed by atoms with Gasteiger partial charge in [-0.2, -0.15) is 0 Å². The average Bonchev–Trinajstić information content (AvgIpc) is 2.77. The summed E-state index contributed by atoms with van der Waals surface area (Å²) in [7, 11) is 1.40. The minimum absolute atomic E-state index is 0.203. The first-order chi connectivity index (χ1) is 7.98. The standard InChI is InChI=1S/C10H17N3O2S2/c1-7(2)12-10(3,8(14)15-4)5-16-9-13-11-6-17-9/h6-7,12H,5H2,1-4H3. The summed E-state index contributed by atoms with van der Waals surface area (Å²) in [4.78, 5) is 11.8. The van der Waals surface area contributed by atoms with E-state index in [1.54, 1.807) is 5.51 Å². The Morgan fingerprint density at radius 1 is 1.71 bits per heavy atom. The Kier molecular flexibility index (Phi) is 5.35. The molecule has 0 spiro atoms. The molecule has 0 amide bonds. The molecule has 1 N–H and O–H groups in total. The summed E-state index contributed by atoms with van der Waals surface area (Å²) in [6.45, 7) is 5.83. The van der Waals surface area contributed by atoms with Gasteiger partial charge >= 0.3 is 5.97 Å². The maximum absolute atomic E-state index is 11.8. The molecule has 0 fully saturated rings. The average molecular weight is 275 g/mol. The Morgan fingerprint density at radius 3 is 2.88 bits per heavy atom. The van der Waals surface area contributed by atoms with E-state index < -0.39 is 5.54 Å². The van der Waals surface area contributed by atoms with Crippen LogP contribution in [0.1, 0.15) is 20.8 Å². The SMILES string of the molecule is COC(=O)C(C)(CSc1nncs1)NC(C)C. The monoisotopic (exact) mass is 275 g/mol. The minimum Gasteiger partial charge on any atom is -0.468 e. The molecule has 7 heteroatoms. The van der Waals surface area contributed by atoms with Crippen molar-refractivity contribution in [1.29, 1.82) is 0 Å². The van der Waals surface area contributed by atoms with Crippen LogP contribution in [0.2, 0.25) is 0 Å². The van der Waals surface area contributed by atoms with Crippen LogP contribution in [0.25, 0.3) is 0 Å². The zero-order valence-corrected chi connectivity index (χ0v) is 12.0. The molecule has 0 aliphatic heterocycles. The fourth-order valence-corrected chi connectivity index (χ4v) is 3.03. The fraction of sp³-hybridized carbons (Fsp3) is 0.700. The number of carbonyl (C=O) groups is 1. The third-order valence-electron chi connectivity index (χ3n) is 2.07. The molecular formula is C10H17N3O2S2. The van der Waals surface area contributed by atoms with Crippen molar-refractivity contribution in [2.45, 2.75) is 36.7 Å². The lowest BCUT2D eigenvalue weighted by atomic mass is 10.0. The molecule has 1 unspecified atom stereocenters. The number of esters is 1. The molecule has 0 saturated heterocycles. The van der Waals surface area contributed by atoms with Gasteiger partial charge in [-0.25, -0.2) is 0 Å². The van der Waals surface area contributed by atoms with Crippen molar-refractivity contribution in [3.63, 3.8) is 0 Å². The molecule has 96 valence electrons. The van der Waals surface area contributed by atoms with E-state index in [1.807, 2.05) is 20.8 Å². The van der Waals surface area contributed by atoms with E-state index in [2.05, 4.69) is 15.5 Å². The van der Waals surface area contributed by atoms with Crippen LogP contribution < -0.4 is 5.32 Å². The van der Waals surface area contributed by atoms with E-state index in [-0.39, 0.29) is 12.0 Å². The highest BCUT2D eigenvalue weighted by Gasteiger charge is 2.35. The van der Waals surface area contributed by atoms with Crippen molar-refractivity contribution in [3.05, 3.63) is 5.51 Å². The van der Waals surface area contributed by atoms with Crippen LogP contribution in [0.5, 0.6) is 0 Å². The number of methoxy groups -OCH3 is 1. The number of hydrogen-bond acceptors (Lipinski definition) is 7. The minimum atomic E-state index is -0.709. The van der Waals surface area contributed by atoms with Crippen LogP contribution >= 0.6 is 23.1 Å². The van der Waals surface area contributed by atoms with Gasteiger partial charge in [0.05, 0.1) is 7.11 Å². The number of thioether (sulfide) groups is 1. The Morgan fingerprint density at radius 2 is 2.41 bits per heavy atom. The topological polar surface area (TPSA) is 64.1 Å². The van der Waals surface area contributed by atoms with Crippen LogP contribution in [0.4, 0.5) is 0 Å². The van der Waals surface area contributed by atoms with Crippen LogP contribution in [-0.4, -0.2) is 40.6 Å². The van der Waals surface area contributed by atoms with Crippen LogP contribution in [0.15, 0.2) is 9.85 Å². The molecule has 0 bridgehead atoms. The second-order valence-corrected chi connectivity index (χ2v) is 6.17. The quantitative estimate of drug-likeness (QED) is 0.628. The molecule has 0 saturated carbocycles. The highest BCUT2D eigenvalue weighted by atomic mass is 32.2. The third kappa shape index (κ3) is 4.25. The molecule has 0 radical (unpaired) electrons. The third-order valence-corrected chi connectivity index (χ3v) is 4.24. The van der Waals surface area contributed by atoms with Gasteiger partial charge in [0, 0.05) is 11.8 Å². The summed E-state index contributed by atoms with van der Waals surface area (Å²) in [6, 6.07) is 0.203. The first-order valence-corrected chi connectivity index (χ1v) is 7.09. The van der Waals surface area contributed by atoms with Gasteiger partial charge in [0.25, 0.3) is 0 Å². The number of aromatic nitrogens is 2. The van der Waals surface area contributed by atoms with Gasteiger partial charge in [-0.15, -0.1) is 10.2 Å². The lowest BCUT2D eigenvalue weighted by Gasteiger charge is -2.29. The molecule has 17 heavy (non-hydrogen) atoms. The van der Waals surface area contributed by atoms with Crippen molar-refractivity contribution >= 4 is 29.1 Å². The predicted octanol–water partition coefficient (Wildman–Crippen LogP) is 1.56. The Hall–Kier alpha value is -0.660. The van der Waals surface area contributed by atoms with Gasteiger partial charge in [-0.3, -0.25) is 10.1 Å². The van der Waals surface area contributed by atoms with Crippen LogP contribution in [-0.2, 0) is 9.53 Å². The van der Waals surface area contributed by atoms with E-state index in [9.17, 15) is 4.79 Å². The molecule has 0 aliphatic rings. The normalized spacial score (nSPS) is 14.6. The first kappa shape index (κ1) is 14.4. The number of hydrogen-bond donors (Lipinski definition) is 1. The Balaban J connectivity index is 2.66. The molecule has 1 rings (SSSR count). The number of carbonyl (C=O) groups excluding carboxylic acids is 1. The second-order valence-electron chi connectivity index (χ2n) is 4.12. The summed E-state index contributed by atoms with van der Waals surface area (Å²) in [6.07, 6.45) is 0. The van der Waals surface area contributed by atoms with Gasteiger partial charge in [-0.05, 0) is 20.8 Å². The largest absolute Gasteiger partial charge is 0.468 e. The maximum Gasteiger partial charge on any atom is 0.326 e.